The summed E-state index contributed by atoms with van der Waals surface area (Å²) in [5.41, 5.74) is 1.39. The molecular formula is C21H26N2O4S2. The molecule has 4 unspecified atom stereocenters. The third kappa shape index (κ3) is 3.95. The van der Waals surface area contributed by atoms with Crippen LogP contribution in [0.15, 0.2) is 40.3 Å². The molecule has 3 heterocycles. The summed E-state index contributed by atoms with van der Waals surface area (Å²) in [6, 6.07) is 10.8. The first-order valence-corrected chi connectivity index (χ1v) is 11.9. The molecule has 0 aromatic heterocycles. The normalized spacial score (nSPS) is 27.9. The predicted molar refractivity (Wildman–Crippen MR) is 115 cm³/mol. The molecule has 0 aliphatic carbocycles. The summed E-state index contributed by atoms with van der Waals surface area (Å²) >= 11 is 2.98. The zero-order chi connectivity index (χ0) is 20.5. The van der Waals surface area contributed by atoms with Crippen molar-refractivity contribution >= 4 is 35.4 Å². The summed E-state index contributed by atoms with van der Waals surface area (Å²) in [5.74, 6) is -1.02. The van der Waals surface area contributed by atoms with E-state index in [4.69, 9.17) is 0 Å². The Hall–Kier alpha value is -1.48. The standard InChI is InChI=1S/C21H26N2O4S2/c1-2-15(24)16-18(25)23-17(20(26)27)21(29-19(16)23)28-12-14-9-6-10-22(14)11-13-7-4-3-5-8-13/h3-5,7-8,14-16,19,24H,2,6,9-12H2,1H3,(H,26,27). The second kappa shape index (κ2) is 8.71. The lowest BCUT2D eigenvalue weighted by Crippen LogP contribution is -2.61. The lowest BCUT2D eigenvalue weighted by Gasteiger charge is -2.44. The molecule has 4 rings (SSSR count). The van der Waals surface area contributed by atoms with E-state index in [2.05, 4.69) is 29.2 Å². The van der Waals surface area contributed by atoms with Crippen LogP contribution in [0.25, 0.3) is 0 Å². The number of hydrogen-bond acceptors (Lipinski definition) is 6. The average Bonchev–Trinajstić information content (AvgIpc) is 3.29. The molecular weight excluding hydrogens is 408 g/mol. The van der Waals surface area contributed by atoms with Crippen molar-refractivity contribution in [3.05, 3.63) is 45.8 Å². The molecule has 1 aromatic rings. The highest BCUT2D eigenvalue weighted by Gasteiger charge is 2.58. The van der Waals surface area contributed by atoms with Crippen molar-refractivity contribution in [1.29, 1.82) is 0 Å². The molecule has 1 aromatic carbocycles. The molecule has 29 heavy (non-hydrogen) atoms. The van der Waals surface area contributed by atoms with E-state index in [1.165, 1.54) is 22.2 Å². The highest BCUT2D eigenvalue weighted by atomic mass is 32.2. The molecule has 1 amide bonds. The van der Waals surface area contributed by atoms with Gasteiger partial charge < -0.3 is 10.2 Å². The number of carbonyl (C=O) groups is 2. The minimum Gasteiger partial charge on any atom is -0.477 e. The fourth-order valence-electron chi connectivity index (χ4n) is 4.30. The molecule has 0 spiro atoms. The summed E-state index contributed by atoms with van der Waals surface area (Å²) in [6.07, 6.45) is 2.02. The van der Waals surface area contributed by atoms with Crippen LogP contribution in [-0.4, -0.2) is 61.7 Å². The number of fused-ring (bicyclic) bond motifs is 1. The molecule has 0 bridgehead atoms. The van der Waals surface area contributed by atoms with E-state index in [0.29, 0.717) is 16.7 Å². The molecule has 0 saturated carbocycles. The predicted octanol–water partition coefficient (Wildman–Crippen LogP) is 2.94. The molecule has 8 heteroatoms. The Bertz CT molecular complexity index is 816. The molecule has 3 aliphatic rings. The molecule has 2 fully saturated rings. The monoisotopic (exact) mass is 434 g/mol. The van der Waals surface area contributed by atoms with Crippen LogP contribution >= 0.6 is 23.5 Å². The van der Waals surface area contributed by atoms with Gasteiger partial charge in [-0.2, -0.15) is 0 Å². The lowest BCUT2D eigenvalue weighted by atomic mass is 9.90. The van der Waals surface area contributed by atoms with Gasteiger partial charge in [-0.1, -0.05) is 49.0 Å². The molecule has 6 nitrogen and oxygen atoms in total. The number of aliphatic hydroxyl groups excluding tert-OH is 1. The van der Waals surface area contributed by atoms with Crippen LogP contribution in [0.5, 0.6) is 0 Å². The molecule has 156 valence electrons. The fourth-order valence-corrected chi connectivity index (χ4v) is 7.39. The highest BCUT2D eigenvalue weighted by Crippen LogP contribution is 2.54. The maximum atomic E-state index is 12.5. The molecule has 3 aliphatic heterocycles. The number of carbonyl (C=O) groups excluding carboxylic acids is 1. The summed E-state index contributed by atoms with van der Waals surface area (Å²) in [4.78, 5) is 28.1. The SMILES string of the molecule is CCC(O)C1C(=O)N2C(C(=O)O)=C(SCC3CCCN3Cc3ccccc3)SC12. The van der Waals surface area contributed by atoms with Gasteiger partial charge in [-0.25, -0.2) is 4.79 Å². The minimum atomic E-state index is -1.06. The van der Waals surface area contributed by atoms with Crippen LogP contribution < -0.4 is 0 Å². The summed E-state index contributed by atoms with van der Waals surface area (Å²) < 4.78 is 0.702. The van der Waals surface area contributed by atoms with Crippen LogP contribution in [-0.2, 0) is 16.1 Å². The van der Waals surface area contributed by atoms with E-state index in [0.717, 1.165) is 31.7 Å². The van der Waals surface area contributed by atoms with Gasteiger partial charge in [-0.3, -0.25) is 14.6 Å². The first-order valence-electron chi connectivity index (χ1n) is 10.1. The van der Waals surface area contributed by atoms with Gasteiger partial charge in [0.25, 0.3) is 0 Å². The minimum absolute atomic E-state index is 0.0992. The number of carboxylic acid groups (broad SMARTS) is 1. The van der Waals surface area contributed by atoms with Crippen molar-refractivity contribution in [2.75, 3.05) is 12.3 Å². The zero-order valence-electron chi connectivity index (χ0n) is 16.4. The van der Waals surface area contributed by atoms with Gasteiger partial charge in [0.2, 0.25) is 5.91 Å². The van der Waals surface area contributed by atoms with E-state index in [9.17, 15) is 19.8 Å². The number of aliphatic hydroxyl groups is 1. The van der Waals surface area contributed by atoms with E-state index in [-0.39, 0.29) is 17.0 Å². The number of benzene rings is 1. The van der Waals surface area contributed by atoms with Crippen molar-refractivity contribution in [3.8, 4) is 0 Å². The first kappa shape index (κ1) is 20.8. The Morgan fingerprint density at radius 3 is 2.79 bits per heavy atom. The number of β-lactam (4-membered cyclic amide) rings is 1. The van der Waals surface area contributed by atoms with Crippen molar-refractivity contribution in [3.63, 3.8) is 0 Å². The number of amides is 1. The van der Waals surface area contributed by atoms with Crippen molar-refractivity contribution in [2.45, 2.75) is 50.3 Å². The third-order valence-electron chi connectivity index (χ3n) is 5.92. The molecule has 2 saturated heterocycles. The van der Waals surface area contributed by atoms with Gasteiger partial charge in [0, 0.05) is 18.3 Å². The largest absolute Gasteiger partial charge is 0.477 e. The maximum Gasteiger partial charge on any atom is 0.354 e. The topological polar surface area (TPSA) is 81.1 Å². The number of rotatable bonds is 8. The highest BCUT2D eigenvalue weighted by molar-refractivity contribution is 8.22. The van der Waals surface area contributed by atoms with Crippen molar-refractivity contribution < 1.29 is 19.8 Å². The van der Waals surface area contributed by atoms with E-state index in [1.807, 2.05) is 13.0 Å². The summed E-state index contributed by atoms with van der Waals surface area (Å²) in [7, 11) is 0. The van der Waals surface area contributed by atoms with Crippen molar-refractivity contribution in [2.24, 2.45) is 5.92 Å². The zero-order valence-corrected chi connectivity index (χ0v) is 18.0. The van der Waals surface area contributed by atoms with Crippen LogP contribution in [0.3, 0.4) is 0 Å². The quantitative estimate of drug-likeness (QED) is 0.609. The van der Waals surface area contributed by atoms with E-state index < -0.39 is 18.0 Å². The van der Waals surface area contributed by atoms with Gasteiger partial charge in [0.05, 0.1) is 16.3 Å². The Morgan fingerprint density at radius 1 is 1.34 bits per heavy atom. The molecule has 4 atom stereocenters. The number of hydrogen-bond donors (Lipinski definition) is 2. The van der Waals surface area contributed by atoms with Gasteiger partial charge >= 0.3 is 5.97 Å². The first-order chi connectivity index (χ1) is 14.0. The number of aliphatic carboxylic acids is 1. The van der Waals surface area contributed by atoms with E-state index in [1.54, 1.807) is 11.8 Å². The van der Waals surface area contributed by atoms with Gasteiger partial charge in [0.1, 0.15) is 5.37 Å². The van der Waals surface area contributed by atoms with Crippen LogP contribution in [0, 0.1) is 5.92 Å². The van der Waals surface area contributed by atoms with Gasteiger partial charge in [0.15, 0.2) is 5.70 Å². The lowest BCUT2D eigenvalue weighted by molar-refractivity contribution is -0.157. The number of carboxylic acids is 1. The Morgan fingerprint density at radius 2 is 2.10 bits per heavy atom. The fraction of sp³-hybridized carbons (Fsp3) is 0.524. The van der Waals surface area contributed by atoms with Crippen LogP contribution in [0.1, 0.15) is 31.7 Å². The maximum absolute atomic E-state index is 12.5. The number of likely N-dealkylation sites (tertiary alicyclic amines) is 1. The van der Waals surface area contributed by atoms with Gasteiger partial charge in [-0.15, -0.1) is 11.8 Å². The Kier molecular flexibility index (Phi) is 6.24. The smallest absolute Gasteiger partial charge is 0.354 e. The third-order valence-corrected chi connectivity index (χ3v) is 8.72. The molecule has 0 radical (unpaired) electrons. The Labute approximate surface area is 179 Å². The second-order valence-corrected chi connectivity index (χ2v) is 10.1. The summed E-state index contributed by atoms with van der Waals surface area (Å²) in [5, 5.41) is 19.6. The number of nitrogens with zero attached hydrogens (tertiary/aromatic N) is 2. The van der Waals surface area contributed by atoms with Crippen LogP contribution in [0.2, 0.25) is 0 Å². The number of thioether (sulfide) groups is 2. The van der Waals surface area contributed by atoms with Gasteiger partial charge in [-0.05, 0) is 31.4 Å². The second-order valence-electron chi connectivity index (χ2n) is 7.72. The molecule has 2 N–H and O–H groups in total. The van der Waals surface area contributed by atoms with Crippen LogP contribution in [0.4, 0.5) is 0 Å². The summed E-state index contributed by atoms with van der Waals surface area (Å²) in [6.45, 7) is 3.79. The average molecular weight is 435 g/mol. The Balaban J connectivity index is 1.42. The van der Waals surface area contributed by atoms with Crippen molar-refractivity contribution in [1.82, 2.24) is 9.80 Å². The van der Waals surface area contributed by atoms with E-state index >= 15 is 0 Å².